The third kappa shape index (κ3) is 3.47. The SMILES string of the molecule is O=C(O)c1ccc(F)c(S(=O)(=O)Nc2ccc(Cl)nc2)c1. The van der Waals surface area contributed by atoms with Gasteiger partial charge in [-0.2, -0.15) is 0 Å². The van der Waals surface area contributed by atoms with Gasteiger partial charge in [0, 0.05) is 0 Å². The van der Waals surface area contributed by atoms with Gasteiger partial charge in [0.15, 0.2) is 0 Å². The molecule has 2 aromatic rings. The summed E-state index contributed by atoms with van der Waals surface area (Å²) in [5, 5.41) is 8.99. The van der Waals surface area contributed by atoms with Crippen molar-refractivity contribution in [3.05, 3.63) is 53.1 Å². The molecule has 2 rings (SSSR count). The molecule has 0 unspecified atom stereocenters. The van der Waals surface area contributed by atoms with Gasteiger partial charge in [0.05, 0.1) is 17.4 Å². The molecule has 1 heterocycles. The number of benzene rings is 1. The Kier molecular flexibility index (Phi) is 4.10. The number of anilines is 1. The van der Waals surface area contributed by atoms with E-state index in [1.807, 2.05) is 0 Å². The predicted molar refractivity (Wildman–Crippen MR) is 73.4 cm³/mol. The third-order valence-electron chi connectivity index (χ3n) is 2.45. The average Bonchev–Trinajstić information content (AvgIpc) is 2.41. The van der Waals surface area contributed by atoms with Crippen LogP contribution in [-0.4, -0.2) is 24.5 Å². The van der Waals surface area contributed by atoms with E-state index in [1.54, 1.807) is 0 Å². The molecule has 110 valence electrons. The van der Waals surface area contributed by atoms with Crippen molar-refractivity contribution in [3.8, 4) is 0 Å². The van der Waals surface area contributed by atoms with Gasteiger partial charge < -0.3 is 5.11 Å². The molecule has 0 aliphatic carbocycles. The molecule has 0 atom stereocenters. The largest absolute Gasteiger partial charge is 0.478 e. The lowest BCUT2D eigenvalue weighted by Gasteiger charge is -2.09. The van der Waals surface area contributed by atoms with E-state index in [4.69, 9.17) is 16.7 Å². The fraction of sp³-hybridized carbons (Fsp3) is 0. The fourth-order valence-electron chi connectivity index (χ4n) is 1.49. The molecular formula is C12H8ClFN2O4S. The Morgan fingerprint density at radius 1 is 1.29 bits per heavy atom. The van der Waals surface area contributed by atoms with Crippen molar-refractivity contribution in [1.29, 1.82) is 0 Å². The van der Waals surface area contributed by atoms with E-state index in [-0.39, 0.29) is 16.4 Å². The van der Waals surface area contributed by atoms with Gasteiger partial charge in [0.2, 0.25) is 0 Å². The molecular weight excluding hydrogens is 323 g/mol. The molecule has 1 aromatic heterocycles. The fourth-order valence-corrected chi connectivity index (χ4v) is 2.75. The molecule has 0 aliphatic rings. The highest BCUT2D eigenvalue weighted by Crippen LogP contribution is 2.20. The summed E-state index contributed by atoms with van der Waals surface area (Å²) in [4.78, 5) is 13.7. The molecule has 6 nitrogen and oxygen atoms in total. The van der Waals surface area contributed by atoms with Gasteiger partial charge in [-0.25, -0.2) is 22.6 Å². The number of nitrogens with zero attached hydrogens (tertiary/aromatic N) is 1. The molecule has 2 N–H and O–H groups in total. The van der Waals surface area contributed by atoms with Crippen LogP contribution in [0.2, 0.25) is 5.15 Å². The highest BCUT2D eigenvalue weighted by Gasteiger charge is 2.21. The van der Waals surface area contributed by atoms with Gasteiger partial charge in [-0.05, 0) is 30.3 Å². The van der Waals surface area contributed by atoms with Crippen LogP contribution in [0.5, 0.6) is 0 Å². The van der Waals surface area contributed by atoms with E-state index in [1.165, 1.54) is 12.1 Å². The second kappa shape index (κ2) is 5.66. The van der Waals surface area contributed by atoms with Crippen molar-refractivity contribution >= 4 is 33.3 Å². The van der Waals surface area contributed by atoms with Crippen molar-refractivity contribution in [2.24, 2.45) is 0 Å². The van der Waals surface area contributed by atoms with E-state index in [0.717, 1.165) is 24.4 Å². The molecule has 0 spiro atoms. The molecule has 0 saturated heterocycles. The first-order valence-electron chi connectivity index (χ1n) is 5.47. The van der Waals surface area contributed by atoms with Crippen LogP contribution in [0.3, 0.4) is 0 Å². The Balaban J connectivity index is 2.41. The minimum atomic E-state index is -4.28. The van der Waals surface area contributed by atoms with Gasteiger partial charge in [0.1, 0.15) is 15.9 Å². The van der Waals surface area contributed by atoms with E-state index in [0.29, 0.717) is 0 Å². The second-order valence-electron chi connectivity index (χ2n) is 3.93. The number of hydrogen-bond acceptors (Lipinski definition) is 4. The predicted octanol–water partition coefficient (Wildman–Crippen LogP) is 2.37. The molecule has 0 fully saturated rings. The number of carboxylic acids is 1. The Morgan fingerprint density at radius 3 is 2.57 bits per heavy atom. The monoisotopic (exact) mass is 330 g/mol. The third-order valence-corrected chi connectivity index (χ3v) is 4.07. The van der Waals surface area contributed by atoms with Gasteiger partial charge in [-0.15, -0.1) is 0 Å². The van der Waals surface area contributed by atoms with Crippen LogP contribution >= 0.6 is 11.6 Å². The Morgan fingerprint density at radius 2 is 2.00 bits per heavy atom. The molecule has 9 heteroatoms. The van der Waals surface area contributed by atoms with Crippen molar-refractivity contribution < 1.29 is 22.7 Å². The van der Waals surface area contributed by atoms with Gasteiger partial charge >= 0.3 is 5.97 Å². The number of rotatable bonds is 4. The number of carboxylic acid groups (broad SMARTS) is 1. The number of nitrogens with one attached hydrogen (secondary N) is 1. The summed E-state index contributed by atoms with van der Waals surface area (Å²) in [6, 6.07) is 5.18. The molecule has 0 saturated carbocycles. The maximum atomic E-state index is 13.6. The minimum Gasteiger partial charge on any atom is -0.478 e. The molecule has 0 amide bonds. The van der Waals surface area contributed by atoms with Crippen LogP contribution in [0.25, 0.3) is 0 Å². The van der Waals surface area contributed by atoms with E-state index >= 15 is 0 Å². The molecule has 0 bridgehead atoms. The van der Waals surface area contributed by atoms with E-state index < -0.39 is 26.7 Å². The minimum absolute atomic E-state index is 0.0690. The molecule has 0 aliphatic heterocycles. The summed E-state index contributed by atoms with van der Waals surface area (Å²) >= 11 is 5.57. The maximum Gasteiger partial charge on any atom is 0.335 e. The summed E-state index contributed by atoms with van der Waals surface area (Å²) in [6.07, 6.45) is 1.15. The highest BCUT2D eigenvalue weighted by atomic mass is 35.5. The quantitative estimate of drug-likeness (QED) is 0.839. The van der Waals surface area contributed by atoms with Gasteiger partial charge in [-0.1, -0.05) is 11.6 Å². The summed E-state index contributed by atoms with van der Waals surface area (Å²) in [6.45, 7) is 0. The van der Waals surface area contributed by atoms with E-state index in [2.05, 4.69) is 9.71 Å². The lowest BCUT2D eigenvalue weighted by Crippen LogP contribution is -2.15. The number of pyridine rings is 1. The Bertz CT molecular complexity index is 793. The Hall–Kier alpha value is -2.19. The number of aromatic carboxylic acids is 1. The first kappa shape index (κ1) is 15.2. The lowest BCUT2D eigenvalue weighted by atomic mass is 10.2. The number of aromatic nitrogens is 1. The normalized spacial score (nSPS) is 11.1. The van der Waals surface area contributed by atoms with Crippen LogP contribution in [0.1, 0.15) is 10.4 Å². The zero-order valence-electron chi connectivity index (χ0n) is 10.2. The summed E-state index contributed by atoms with van der Waals surface area (Å²) < 4.78 is 39.9. The first-order chi connectivity index (χ1) is 9.79. The van der Waals surface area contributed by atoms with E-state index in [9.17, 15) is 17.6 Å². The molecule has 21 heavy (non-hydrogen) atoms. The second-order valence-corrected chi connectivity index (χ2v) is 5.96. The summed E-state index contributed by atoms with van der Waals surface area (Å²) in [7, 11) is -4.28. The van der Waals surface area contributed by atoms with Crippen LogP contribution in [0, 0.1) is 5.82 Å². The first-order valence-corrected chi connectivity index (χ1v) is 7.33. The summed E-state index contributed by atoms with van der Waals surface area (Å²) in [5.74, 6) is -2.42. The summed E-state index contributed by atoms with van der Waals surface area (Å²) in [5.41, 5.74) is -0.273. The number of hydrogen-bond donors (Lipinski definition) is 2. The topological polar surface area (TPSA) is 96.4 Å². The zero-order chi connectivity index (χ0) is 15.6. The van der Waals surface area contributed by atoms with Crippen molar-refractivity contribution in [2.45, 2.75) is 4.90 Å². The lowest BCUT2D eigenvalue weighted by molar-refractivity contribution is 0.0696. The smallest absolute Gasteiger partial charge is 0.335 e. The number of carbonyl (C=O) groups is 1. The van der Waals surface area contributed by atoms with Crippen LogP contribution in [0.4, 0.5) is 10.1 Å². The molecule has 1 aromatic carbocycles. The number of halogens is 2. The Labute approximate surface area is 124 Å². The van der Waals surface area contributed by atoms with Gasteiger partial charge in [-0.3, -0.25) is 4.72 Å². The van der Waals surface area contributed by atoms with Crippen LogP contribution in [0.15, 0.2) is 41.4 Å². The number of sulfonamides is 1. The standard InChI is InChI=1S/C12H8ClFN2O4S/c13-11-4-2-8(6-15-11)16-21(19,20)10-5-7(12(17)18)1-3-9(10)14/h1-6,16H,(H,17,18). The molecule has 0 radical (unpaired) electrons. The van der Waals surface area contributed by atoms with Crippen molar-refractivity contribution in [1.82, 2.24) is 4.98 Å². The van der Waals surface area contributed by atoms with Crippen molar-refractivity contribution in [2.75, 3.05) is 4.72 Å². The van der Waals surface area contributed by atoms with Crippen LogP contribution < -0.4 is 4.72 Å². The maximum absolute atomic E-state index is 13.6. The zero-order valence-corrected chi connectivity index (χ0v) is 11.8. The van der Waals surface area contributed by atoms with Gasteiger partial charge in [0.25, 0.3) is 10.0 Å². The highest BCUT2D eigenvalue weighted by molar-refractivity contribution is 7.92. The average molecular weight is 331 g/mol. The van der Waals surface area contributed by atoms with Crippen LogP contribution in [-0.2, 0) is 10.0 Å². The van der Waals surface area contributed by atoms with Crippen molar-refractivity contribution in [3.63, 3.8) is 0 Å².